The molecule has 0 aromatic heterocycles. The Kier molecular flexibility index (Phi) is 6.36. The predicted molar refractivity (Wildman–Crippen MR) is 105 cm³/mol. The van der Waals surface area contributed by atoms with E-state index < -0.39 is 11.6 Å². The molecule has 3 rings (SSSR count). The first-order valence-electron chi connectivity index (χ1n) is 9.18. The number of nitrogens with one attached hydrogen (secondary N) is 2. The van der Waals surface area contributed by atoms with Crippen LogP contribution in [-0.4, -0.2) is 31.1 Å². The highest BCUT2D eigenvalue weighted by Gasteiger charge is 2.16. The Labute approximate surface area is 162 Å². The fraction of sp³-hybridized carbons (Fsp3) is 0.333. The Morgan fingerprint density at radius 2 is 1.89 bits per heavy atom. The summed E-state index contributed by atoms with van der Waals surface area (Å²) in [7, 11) is 0. The van der Waals surface area contributed by atoms with Crippen molar-refractivity contribution in [1.82, 2.24) is 5.32 Å². The van der Waals surface area contributed by atoms with Crippen LogP contribution in [0, 0.1) is 25.5 Å². The van der Waals surface area contributed by atoms with Crippen molar-refractivity contribution in [3.05, 3.63) is 64.7 Å². The second-order valence-corrected chi connectivity index (χ2v) is 6.86. The molecular weight excluding hydrogens is 364 g/mol. The largest absolute Gasteiger partial charge is 0.376 e. The second-order valence-electron chi connectivity index (χ2n) is 6.86. The molecule has 1 heterocycles. The number of amides is 1. The van der Waals surface area contributed by atoms with Crippen LogP contribution in [-0.2, 0) is 4.74 Å². The van der Waals surface area contributed by atoms with Gasteiger partial charge in [0.2, 0.25) is 5.96 Å². The molecule has 1 saturated heterocycles. The quantitative estimate of drug-likeness (QED) is 0.617. The topological polar surface area (TPSA) is 62.7 Å². The van der Waals surface area contributed by atoms with Gasteiger partial charge < -0.3 is 10.1 Å². The summed E-state index contributed by atoms with van der Waals surface area (Å²) in [6.45, 7) is 4.91. The fourth-order valence-corrected chi connectivity index (χ4v) is 2.92. The van der Waals surface area contributed by atoms with E-state index in [1.54, 1.807) is 12.1 Å². The summed E-state index contributed by atoms with van der Waals surface area (Å²) in [5.74, 6) is -1.69. The van der Waals surface area contributed by atoms with Crippen LogP contribution in [0.25, 0.3) is 0 Å². The maximum atomic E-state index is 13.5. The Hall–Kier alpha value is -2.80. The first kappa shape index (κ1) is 19.9. The molecule has 0 radical (unpaired) electrons. The van der Waals surface area contributed by atoms with E-state index in [9.17, 15) is 13.6 Å². The molecule has 5 nitrogen and oxygen atoms in total. The molecule has 148 valence electrons. The smallest absolute Gasteiger partial charge is 0.257 e. The zero-order valence-corrected chi connectivity index (χ0v) is 15.9. The minimum atomic E-state index is -0.721. The lowest BCUT2D eigenvalue weighted by atomic mass is 10.1. The van der Waals surface area contributed by atoms with Crippen LogP contribution < -0.4 is 10.6 Å². The number of nitrogens with zero attached hydrogens (tertiary/aromatic N) is 1. The average Bonchev–Trinajstić information content (AvgIpc) is 3.14. The van der Waals surface area contributed by atoms with Gasteiger partial charge in [-0.25, -0.2) is 13.8 Å². The Bertz CT molecular complexity index is 873. The molecule has 0 spiro atoms. The van der Waals surface area contributed by atoms with E-state index in [4.69, 9.17) is 4.74 Å². The van der Waals surface area contributed by atoms with Gasteiger partial charge in [-0.15, -0.1) is 0 Å². The molecule has 7 heteroatoms. The summed E-state index contributed by atoms with van der Waals surface area (Å²) in [6, 6.07) is 8.41. The van der Waals surface area contributed by atoms with Crippen LogP contribution in [0.1, 0.15) is 34.3 Å². The van der Waals surface area contributed by atoms with Gasteiger partial charge in [0.25, 0.3) is 5.91 Å². The minimum absolute atomic E-state index is 0.0282. The zero-order valence-electron chi connectivity index (χ0n) is 15.9. The molecule has 1 unspecified atom stereocenters. The number of aliphatic imine (C=N–C) groups is 1. The number of hydrogen-bond acceptors (Lipinski definition) is 3. The normalized spacial score (nSPS) is 16.9. The van der Waals surface area contributed by atoms with Crippen LogP contribution in [0.3, 0.4) is 0 Å². The van der Waals surface area contributed by atoms with E-state index in [-0.39, 0.29) is 23.7 Å². The summed E-state index contributed by atoms with van der Waals surface area (Å²) in [6.07, 6.45) is 1.82. The van der Waals surface area contributed by atoms with Gasteiger partial charge in [0.05, 0.1) is 12.6 Å². The van der Waals surface area contributed by atoms with Crippen LogP contribution in [0.5, 0.6) is 0 Å². The summed E-state index contributed by atoms with van der Waals surface area (Å²) < 4.78 is 32.5. The van der Waals surface area contributed by atoms with Crippen LogP contribution >= 0.6 is 0 Å². The Morgan fingerprint density at radius 3 is 2.54 bits per heavy atom. The molecule has 2 N–H and O–H groups in total. The van der Waals surface area contributed by atoms with Crippen molar-refractivity contribution in [2.45, 2.75) is 32.8 Å². The third kappa shape index (κ3) is 5.36. The van der Waals surface area contributed by atoms with E-state index >= 15 is 0 Å². The molecule has 0 saturated carbocycles. The Balaban J connectivity index is 1.79. The molecule has 1 aliphatic heterocycles. The SMILES string of the molecule is Cc1ccc(C(=O)NC(=NCC2CCCO2)Nc2cc(F)cc(F)c2)cc1C. The first-order valence-corrected chi connectivity index (χ1v) is 9.18. The van der Waals surface area contributed by atoms with E-state index in [1.807, 2.05) is 19.9 Å². The van der Waals surface area contributed by atoms with Crippen LogP contribution in [0.15, 0.2) is 41.4 Å². The fourth-order valence-electron chi connectivity index (χ4n) is 2.92. The highest BCUT2D eigenvalue weighted by Crippen LogP contribution is 2.15. The van der Waals surface area contributed by atoms with Crippen molar-refractivity contribution in [3.63, 3.8) is 0 Å². The lowest BCUT2D eigenvalue weighted by Crippen LogP contribution is -2.36. The summed E-state index contributed by atoms with van der Waals surface area (Å²) in [5, 5.41) is 5.48. The molecular formula is C21H23F2N3O2. The second kappa shape index (κ2) is 8.93. The van der Waals surface area contributed by atoms with Crippen molar-refractivity contribution in [1.29, 1.82) is 0 Å². The number of aryl methyl sites for hydroxylation is 2. The van der Waals surface area contributed by atoms with Crippen molar-refractivity contribution in [2.75, 3.05) is 18.5 Å². The molecule has 1 amide bonds. The van der Waals surface area contributed by atoms with Crippen molar-refractivity contribution >= 4 is 17.6 Å². The third-order valence-electron chi connectivity index (χ3n) is 4.60. The van der Waals surface area contributed by atoms with Gasteiger partial charge in [-0.3, -0.25) is 10.1 Å². The average molecular weight is 387 g/mol. The van der Waals surface area contributed by atoms with Gasteiger partial charge in [-0.2, -0.15) is 0 Å². The number of rotatable bonds is 4. The Morgan fingerprint density at radius 1 is 1.14 bits per heavy atom. The molecule has 1 atom stereocenters. The van der Waals surface area contributed by atoms with Gasteiger partial charge in [-0.05, 0) is 62.1 Å². The number of carbonyl (C=O) groups excluding carboxylic acids is 1. The maximum absolute atomic E-state index is 13.5. The molecule has 28 heavy (non-hydrogen) atoms. The zero-order chi connectivity index (χ0) is 20.1. The molecule has 1 fully saturated rings. The number of benzene rings is 2. The van der Waals surface area contributed by atoms with Gasteiger partial charge in [0.1, 0.15) is 11.6 Å². The monoisotopic (exact) mass is 387 g/mol. The number of halogens is 2. The van der Waals surface area contributed by atoms with E-state index in [0.717, 1.165) is 42.2 Å². The molecule has 0 aliphatic carbocycles. The number of ether oxygens (including phenoxy) is 1. The van der Waals surface area contributed by atoms with Crippen molar-refractivity contribution < 1.29 is 18.3 Å². The molecule has 0 bridgehead atoms. The van der Waals surface area contributed by atoms with Crippen molar-refractivity contribution in [3.8, 4) is 0 Å². The predicted octanol–water partition coefficient (Wildman–Crippen LogP) is 3.96. The van der Waals surface area contributed by atoms with E-state index in [2.05, 4.69) is 15.6 Å². The lowest BCUT2D eigenvalue weighted by Gasteiger charge is -2.14. The maximum Gasteiger partial charge on any atom is 0.257 e. The number of hydrogen-bond donors (Lipinski definition) is 2. The first-order chi connectivity index (χ1) is 13.4. The van der Waals surface area contributed by atoms with E-state index in [0.29, 0.717) is 18.7 Å². The van der Waals surface area contributed by atoms with E-state index in [1.165, 1.54) is 0 Å². The standard InChI is InChI=1S/C21H23F2N3O2/c1-13-5-6-15(8-14(13)2)20(27)26-21(24-12-19-4-3-7-28-19)25-18-10-16(22)9-17(23)11-18/h5-6,8-11,19H,3-4,7,12H2,1-2H3,(H2,24,25,26,27). The molecule has 2 aromatic carbocycles. The molecule has 2 aromatic rings. The van der Waals surface area contributed by atoms with Gasteiger partial charge in [0.15, 0.2) is 0 Å². The van der Waals surface area contributed by atoms with Gasteiger partial charge in [0, 0.05) is 23.9 Å². The highest BCUT2D eigenvalue weighted by molar-refractivity contribution is 6.10. The van der Waals surface area contributed by atoms with Crippen LogP contribution in [0.2, 0.25) is 0 Å². The highest BCUT2D eigenvalue weighted by atomic mass is 19.1. The summed E-state index contributed by atoms with van der Waals surface area (Å²) in [5.41, 5.74) is 2.70. The van der Waals surface area contributed by atoms with Crippen LogP contribution in [0.4, 0.5) is 14.5 Å². The lowest BCUT2D eigenvalue weighted by molar-refractivity contribution is 0.0975. The summed E-state index contributed by atoms with van der Waals surface area (Å²) >= 11 is 0. The van der Waals surface area contributed by atoms with Crippen molar-refractivity contribution in [2.24, 2.45) is 4.99 Å². The number of guanidine groups is 1. The minimum Gasteiger partial charge on any atom is -0.376 e. The van der Waals surface area contributed by atoms with Gasteiger partial charge in [-0.1, -0.05) is 6.07 Å². The molecule has 1 aliphatic rings. The number of carbonyl (C=O) groups is 1. The number of anilines is 1. The third-order valence-corrected chi connectivity index (χ3v) is 4.60. The van der Waals surface area contributed by atoms with Gasteiger partial charge >= 0.3 is 0 Å². The summed E-state index contributed by atoms with van der Waals surface area (Å²) in [4.78, 5) is 17.0.